The summed E-state index contributed by atoms with van der Waals surface area (Å²) < 4.78 is 6.52. The third kappa shape index (κ3) is 2.37. The number of aromatic nitrogens is 2. The summed E-state index contributed by atoms with van der Waals surface area (Å²) >= 11 is 6.59. The van der Waals surface area contributed by atoms with Gasteiger partial charge >= 0.3 is 0 Å². The molecular formula is C11H10Br2N2O2. The Bertz CT molecular complexity index is 602. The van der Waals surface area contributed by atoms with Gasteiger partial charge in [0.05, 0.1) is 16.4 Å². The Hall–Kier alpha value is -0.880. The van der Waals surface area contributed by atoms with Crippen LogP contribution in [0.5, 0.6) is 0 Å². The summed E-state index contributed by atoms with van der Waals surface area (Å²) in [7, 11) is 0. The van der Waals surface area contributed by atoms with E-state index in [0.29, 0.717) is 21.8 Å². The van der Waals surface area contributed by atoms with Crippen molar-refractivity contribution < 1.29 is 4.42 Å². The van der Waals surface area contributed by atoms with Crippen molar-refractivity contribution in [3.05, 3.63) is 37.3 Å². The van der Waals surface area contributed by atoms with Crippen molar-refractivity contribution in [2.24, 2.45) is 0 Å². The maximum Gasteiger partial charge on any atom is 0.265 e. The highest BCUT2D eigenvalue weighted by atomic mass is 79.9. The van der Waals surface area contributed by atoms with Crippen molar-refractivity contribution in [1.29, 1.82) is 0 Å². The van der Waals surface area contributed by atoms with E-state index in [-0.39, 0.29) is 11.5 Å². The maximum absolute atomic E-state index is 11.8. The van der Waals surface area contributed by atoms with E-state index < -0.39 is 0 Å². The van der Waals surface area contributed by atoms with E-state index in [1.807, 2.05) is 13.8 Å². The van der Waals surface area contributed by atoms with Crippen LogP contribution in [0.25, 0.3) is 11.6 Å². The van der Waals surface area contributed by atoms with Crippen molar-refractivity contribution in [2.45, 2.75) is 19.8 Å². The molecule has 2 aromatic heterocycles. The van der Waals surface area contributed by atoms with E-state index in [1.54, 1.807) is 6.07 Å². The number of hydrogen-bond acceptors (Lipinski definition) is 3. The summed E-state index contributed by atoms with van der Waals surface area (Å²) in [6, 6.07) is 1.76. The lowest BCUT2D eigenvalue weighted by Crippen LogP contribution is -2.14. The Labute approximate surface area is 115 Å². The van der Waals surface area contributed by atoms with Gasteiger partial charge in [-0.05, 0) is 43.8 Å². The number of hydrogen-bond donors (Lipinski definition) is 1. The second-order valence-corrected chi connectivity index (χ2v) is 5.51. The van der Waals surface area contributed by atoms with Crippen LogP contribution >= 0.6 is 31.9 Å². The van der Waals surface area contributed by atoms with Gasteiger partial charge in [0.2, 0.25) is 0 Å². The molecule has 0 radical (unpaired) electrons. The zero-order valence-electron chi connectivity index (χ0n) is 9.25. The fourth-order valence-corrected chi connectivity index (χ4v) is 2.46. The van der Waals surface area contributed by atoms with Gasteiger partial charge in [-0.3, -0.25) is 4.79 Å². The van der Waals surface area contributed by atoms with Crippen molar-refractivity contribution >= 4 is 31.9 Å². The summed E-state index contributed by atoms with van der Waals surface area (Å²) in [6.07, 6.45) is 1.54. The first kappa shape index (κ1) is 12.6. The van der Waals surface area contributed by atoms with E-state index >= 15 is 0 Å². The van der Waals surface area contributed by atoms with Crippen LogP contribution in [0, 0.1) is 0 Å². The molecule has 0 aliphatic heterocycles. The molecule has 2 rings (SSSR count). The van der Waals surface area contributed by atoms with Gasteiger partial charge in [-0.2, -0.15) is 0 Å². The fourth-order valence-electron chi connectivity index (χ4n) is 1.43. The summed E-state index contributed by atoms with van der Waals surface area (Å²) in [6.45, 7) is 3.96. The van der Waals surface area contributed by atoms with Crippen LogP contribution in [0.3, 0.4) is 0 Å². The molecule has 0 saturated heterocycles. The summed E-state index contributed by atoms with van der Waals surface area (Å²) in [5, 5.41) is 0. The normalized spacial score (nSPS) is 11.1. The van der Waals surface area contributed by atoms with Crippen molar-refractivity contribution in [1.82, 2.24) is 9.97 Å². The summed E-state index contributed by atoms with van der Waals surface area (Å²) in [5.41, 5.74) is 0.508. The molecule has 1 N–H and O–H groups in total. The molecule has 0 spiro atoms. The lowest BCUT2D eigenvalue weighted by atomic mass is 10.1. The lowest BCUT2D eigenvalue weighted by molar-refractivity contribution is 0.574. The zero-order chi connectivity index (χ0) is 12.6. The molecule has 0 bridgehead atoms. The number of rotatable bonds is 2. The van der Waals surface area contributed by atoms with Crippen LogP contribution in [0.15, 0.2) is 30.5 Å². The van der Waals surface area contributed by atoms with E-state index in [9.17, 15) is 4.79 Å². The third-order valence-electron chi connectivity index (χ3n) is 2.27. The van der Waals surface area contributed by atoms with Gasteiger partial charge in [0, 0.05) is 0 Å². The number of furan rings is 1. The van der Waals surface area contributed by atoms with E-state index in [0.717, 1.165) is 4.47 Å². The average molecular weight is 362 g/mol. The molecule has 0 aromatic carbocycles. The lowest BCUT2D eigenvalue weighted by Gasteiger charge is -2.08. The number of aromatic amines is 1. The minimum Gasteiger partial charge on any atom is -0.460 e. The van der Waals surface area contributed by atoms with Crippen molar-refractivity contribution in [3.63, 3.8) is 0 Å². The molecule has 17 heavy (non-hydrogen) atoms. The van der Waals surface area contributed by atoms with Crippen LogP contribution in [0.1, 0.15) is 25.5 Å². The monoisotopic (exact) mass is 360 g/mol. The first-order chi connectivity index (χ1) is 8.00. The molecule has 0 unspecified atom stereocenters. The predicted octanol–water partition coefficient (Wildman–Crippen LogP) is 3.68. The van der Waals surface area contributed by atoms with Crippen LogP contribution in [0.2, 0.25) is 0 Å². The molecule has 0 amide bonds. The Balaban J connectivity index is 2.66. The fraction of sp³-hybridized carbons (Fsp3) is 0.273. The number of nitrogens with one attached hydrogen (secondary N) is 1. The molecule has 6 heteroatoms. The Kier molecular flexibility index (Phi) is 3.53. The largest absolute Gasteiger partial charge is 0.460 e. The Morgan fingerprint density at radius 2 is 2.12 bits per heavy atom. The average Bonchev–Trinajstić information content (AvgIpc) is 2.68. The van der Waals surface area contributed by atoms with Gasteiger partial charge in [0.1, 0.15) is 4.47 Å². The third-order valence-corrected chi connectivity index (χ3v) is 3.66. The molecule has 0 saturated carbocycles. The standard InChI is InChI=1S/C11H10Br2N2O2/c1-5(2)8-7(13)11(16)15-10(14-8)9-6(12)3-4-17-9/h3-5H,1-2H3,(H,14,15,16). The second-order valence-electron chi connectivity index (χ2n) is 3.87. The van der Waals surface area contributed by atoms with Gasteiger partial charge in [0.15, 0.2) is 11.6 Å². The SMILES string of the molecule is CC(C)c1nc(-c2occc2Br)[nH]c(=O)c1Br. The Morgan fingerprint density at radius 1 is 1.41 bits per heavy atom. The molecule has 0 atom stereocenters. The molecule has 2 heterocycles. The van der Waals surface area contributed by atoms with Gasteiger partial charge in [0.25, 0.3) is 5.56 Å². The van der Waals surface area contributed by atoms with Crippen molar-refractivity contribution in [3.8, 4) is 11.6 Å². The highest BCUT2D eigenvalue weighted by Gasteiger charge is 2.16. The molecular weight excluding hydrogens is 352 g/mol. The van der Waals surface area contributed by atoms with Crippen LogP contribution in [0.4, 0.5) is 0 Å². The number of nitrogens with zero attached hydrogens (tertiary/aromatic N) is 1. The second kappa shape index (κ2) is 4.78. The van der Waals surface area contributed by atoms with E-state index in [1.165, 1.54) is 6.26 Å². The predicted molar refractivity (Wildman–Crippen MR) is 72.0 cm³/mol. The van der Waals surface area contributed by atoms with E-state index in [4.69, 9.17) is 4.42 Å². The van der Waals surface area contributed by atoms with Crippen LogP contribution < -0.4 is 5.56 Å². The van der Waals surface area contributed by atoms with E-state index in [2.05, 4.69) is 41.8 Å². The minimum absolute atomic E-state index is 0.152. The topological polar surface area (TPSA) is 58.9 Å². The van der Waals surface area contributed by atoms with Gasteiger partial charge in [-0.25, -0.2) is 4.98 Å². The summed E-state index contributed by atoms with van der Waals surface area (Å²) in [5.74, 6) is 1.11. The highest BCUT2D eigenvalue weighted by Crippen LogP contribution is 2.28. The summed E-state index contributed by atoms with van der Waals surface area (Å²) in [4.78, 5) is 18.9. The molecule has 2 aromatic rings. The highest BCUT2D eigenvalue weighted by molar-refractivity contribution is 9.10. The molecule has 0 aliphatic carbocycles. The first-order valence-corrected chi connectivity index (χ1v) is 6.62. The molecule has 0 aliphatic rings. The molecule has 4 nitrogen and oxygen atoms in total. The van der Waals surface area contributed by atoms with Gasteiger partial charge in [-0.15, -0.1) is 0 Å². The Morgan fingerprint density at radius 3 is 2.65 bits per heavy atom. The number of H-pyrrole nitrogens is 1. The first-order valence-electron chi connectivity index (χ1n) is 5.03. The van der Waals surface area contributed by atoms with Crippen LogP contribution in [-0.4, -0.2) is 9.97 Å². The quantitative estimate of drug-likeness (QED) is 0.887. The minimum atomic E-state index is -0.206. The number of halogens is 2. The molecule has 0 fully saturated rings. The van der Waals surface area contributed by atoms with Crippen LogP contribution in [-0.2, 0) is 0 Å². The zero-order valence-corrected chi connectivity index (χ0v) is 12.4. The van der Waals surface area contributed by atoms with Gasteiger partial charge in [-0.1, -0.05) is 13.8 Å². The van der Waals surface area contributed by atoms with Crippen molar-refractivity contribution in [2.75, 3.05) is 0 Å². The maximum atomic E-state index is 11.8. The molecule has 90 valence electrons. The smallest absolute Gasteiger partial charge is 0.265 e. The van der Waals surface area contributed by atoms with Gasteiger partial charge < -0.3 is 9.40 Å².